The van der Waals surface area contributed by atoms with Gasteiger partial charge in [0.2, 0.25) is 0 Å². The molecular formula is C20H40O. The minimum atomic E-state index is -0.121. The van der Waals surface area contributed by atoms with Crippen LogP contribution in [-0.2, 0) is 4.74 Å². The summed E-state index contributed by atoms with van der Waals surface area (Å²) in [5.74, 6) is 0.852. The van der Waals surface area contributed by atoms with Crippen LogP contribution in [0.4, 0.5) is 0 Å². The van der Waals surface area contributed by atoms with Gasteiger partial charge in [-0.1, -0.05) is 81.0 Å². The van der Waals surface area contributed by atoms with Crippen molar-refractivity contribution in [3.63, 3.8) is 0 Å². The van der Waals surface area contributed by atoms with E-state index >= 15 is 0 Å². The largest absolute Gasteiger partial charge is 0.493 e. The van der Waals surface area contributed by atoms with Gasteiger partial charge in [-0.25, -0.2) is 0 Å². The first kappa shape index (κ1) is 22.6. The van der Waals surface area contributed by atoms with Gasteiger partial charge in [-0.2, -0.15) is 0 Å². The summed E-state index contributed by atoms with van der Waals surface area (Å²) in [4.78, 5) is 0. The summed E-state index contributed by atoms with van der Waals surface area (Å²) < 4.78 is 5.61. The molecule has 0 saturated carbocycles. The third-order valence-electron chi connectivity index (χ3n) is 3.08. The molecule has 0 fully saturated rings. The Hall–Kier alpha value is -0.720. The van der Waals surface area contributed by atoms with Crippen LogP contribution in [0.1, 0.15) is 83.1 Å². The Bertz CT molecular complexity index is 329. The van der Waals surface area contributed by atoms with Crippen molar-refractivity contribution in [1.82, 2.24) is 0 Å². The van der Waals surface area contributed by atoms with Gasteiger partial charge >= 0.3 is 0 Å². The molecule has 0 N–H and O–H groups in total. The van der Waals surface area contributed by atoms with Crippen LogP contribution in [0.25, 0.3) is 0 Å². The number of ether oxygens (including phenoxy) is 1. The van der Waals surface area contributed by atoms with Crippen LogP contribution in [0, 0.1) is 16.2 Å². The third-order valence-corrected chi connectivity index (χ3v) is 3.08. The van der Waals surface area contributed by atoms with Crippen molar-refractivity contribution >= 4 is 0 Å². The van der Waals surface area contributed by atoms with E-state index < -0.39 is 0 Å². The molecule has 1 heteroatoms. The molecule has 0 atom stereocenters. The molecule has 0 aliphatic carbocycles. The van der Waals surface area contributed by atoms with E-state index in [0.29, 0.717) is 0 Å². The summed E-state index contributed by atoms with van der Waals surface area (Å²) in [6, 6.07) is 0. The Morgan fingerprint density at radius 1 is 0.571 bits per heavy atom. The second-order valence-electron chi connectivity index (χ2n) is 9.87. The van der Waals surface area contributed by atoms with E-state index in [2.05, 4.69) is 75.5 Å². The number of allylic oxidation sites excluding steroid dienone is 2. The maximum atomic E-state index is 5.61. The van der Waals surface area contributed by atoms with Crippen molar-refractivity contribution in [2.24, 2.45) is 16.2 Å². The highest BCUT2D eigenvalue weighted by atomic mass is 16.5. The van der Waals surface area contributed by atoms with Crippen molar-refractivity contribution in [2.45, 2.75) is 88.7 Å². The lowest BCUT2D eigenvalue weighted by molar-refractivity contribution is 0.0226. The average Bonchev–Trinajstić information content (AvgIpc) is 2.10. The van der Waals surface area contributed by atoms with Gasteiger partial charge in [0, 0.05) is 5.41 Å². The molecule has 0 radical (unpaired) electrons. The van der Waals surface area contributed by atoms with Crippen molar-refractivity contribution in [1.29, 1.82) is 0 Å². The van der Waals surface area contributed by atoms with E-state index in [1.54, 1.807) is 0 Å². The fourth-order valence-corrected chi connectivity index (χ4v) is 1.65. The molecule has 0 heterocycles. The summed E-state index contributed by atoms with van der Waals surface area (Å²) in [7, 11) is 0. The van der Waals surface area contributed by atoms with Gasteiger partial charge in [0.15, 0.2) is 0 Å². The van der Waals surface area contributed by atoms with Crippen LogP contribution in [-0.4, -0.2) is 5.60 Å². The standard InChI is InChI=1S/C10H20O.C10H20/c1-8(9(2,3)4)11-10(5,6)7;1-8(9(2,3)4)10(5,6)7/h1H2,2-7H3;1H2,2-7H3. The maximum absolute atomic E-state index is 5.61. The summed E-state index contributed by atoms with van der Waals surface area (Å²) in [5, 5.41) is 0. The van der Waals surface area contributed by atoms with E-state index in [9.17, 15) is 0 Å². The fraction of sp³-hybridized carbons (Fsp3) is 0.800. The highest BCUT2D eigenvalue weighted by Crippen LogP contribution is 2.37. The Balaban J connectivity index is 0. The first-order valence-electron chi connectivity index (χ1n) is 7.87. The van der Waals surface area contributed by atoms with Crippen molar-refractivity contribution in [2.75, 3.05) is 0 Å². The molecule has 0 unspecified atom stereocenters. The normalized spacial score (nSPS) is 13.1. The highest BCUT2D eigenvalue weighted by molar-refractivity contribution is 5.13. The zero-order chi connectivity index (χ0) is 17.9. The van der Waals surface area contributed by atoms with Crippen LogP contribution in [0.15, 0.2) is 24.5 Å². The first-order valence-corrected chi connectivity index (χ1v) is 7.87. The van der Waals surface area contributed by atoms with Gasteiger partial charge in [-0.05, 0) is 31.6 Å². The zero-order valence-electron chi connectivity index (χ0n) is 16.8. The summed E-state index contributed by atoms with van der Waals surface area (Å²) >= 11 is 0. The van der Waals surface area contributed by atoms with Crippen molar-refractivity contribution in [3.05, 3.63) is 24.5 Å². The molecule has 0 bridgehead atoms. The predicted octanol–water partition coefficient (Wildman–Crippen LogP) is 7.00. The number of hydrogen-bond donors (Lipinski definition) is 0. The van der Waals surface area contributed by atoms with Crippen molar-refractivity contribution < 1.29 is 4.74 Å². The van der Waals surface area contributed by atoms with E-state index in [4.69, 9.17) is 4.74 Å². The molecular weight excluding hydrogens is 256 g/mol. The summed E-state index contributed by atoms with van der Waals surface area (Å²) in [6.45, 7) is 33.6. The predicted molar refractivity (Wildman–Crippen MR) is 97.5 cm³/mol. The fourth-order valence-electron chi connectivity index (χ4n) is 1.65. The molecule has 0 spiro atoms. The highest BCUT2D eigenvalue weighted by Gasteiger charge is 2.25. The minimum absolute atomic E-state index is 0.0489. The van der Waals surface area contributed by atoms with Gasteiger partial charge < -0.3 is 4.74 Å². The Labute approximate surface area is 134 Å². The molecule has 0 saturated heterocycles. The van der Waals surface area contributed by atoms with E-state index in [1.807, 2.05) is 20.8 Å². The second kappa shape index (κ2) is 7.03. The third kappa shape index (κ3) is 11.6. The van der Waals surface area contributed by atoms with Gasteiger partial charge in [0.05, 0.1) is 5.76 Å². The van der Waals surface area contributed by atoms with Crippen LogP contribution in [0.2, 0.25) is 0 Å². The lowest BCUT2D eigenvalue weighted by Gasteiger charge is -2.32. The Morgan fingerprint density at radius 2 is 0.857 bits per heavy atom. The summed E-state index contributed by atoms with van der Waals surface area (Å²) in [5.41, 5.74) is 1.74. The number of hydrogen-bond acceptors (Lipinski definition) is 1. The van der Waals surface area contributed by atoms with Gasteiger partial charge in [-0.3, -0.25) is 0 Å². The number of rotatable bonds is 1. The van der Waals surface area contributed by atoms with Crippen LogP contribution in [0.5, 0.6) is 0 Å². The minimum Gasteiger partial charge on any atom is -0.493 e. The monoisotopic (exact) mass is 296 g/mol. The lowest BCUT2D eigenvalue weighted by Crippen LogP contribution is -2.23. The molecule has 0 aliphatic heterocycles. The molecule has 1 nitrogen and oxygen atoms in total. The maximum Gasteiger partial charge on any atom is 0.100 e. The molecule has 21 heavy (non-hydrogen) atoms. The smallest absolute Gasteiger partial charge is 0.100 e. The molecule has 126 valence electrons. The van der Waals surface area contributed by atoms with Gasteiger partial charge in [-0.15, -0.1) is 0 Å². The molecule has 0 aromatic rings. The van der Waals surface area contributed by atoms with Crippen LogP contribution in [0.3, 0.4) is 0 Å². The van der Waals surface area contributed by atoms with Gasteiger partial charge in [0.25, 0.3) is 0 Å². The van der Waals surface area contributed by atoms with E-state index in [0.717, 1.165) is 5.76 Å². The molecule has 0 amide bonds. The molecule has 0 aromatic carbocycles. The van der Waals surface area contributed by atoms with Crippen molar-refractivity contribution in [3.8, 4) is 0 Å². The molecule has 0 aliphatic rings. The van der Waals surface area contributed by atoms with Crippen LogP contribution >= 0.6 is 0 Å². The van der Waals surface area contributed by atoms with Crippen LogP contribution < -0.4 is 0 Å². The zero-order valence-corrected chi connectivity index (χ0v) is 16.8. The quantitative estimate of drug-likeness (QED) is 0.374. The topological polar surface area (TPSA) is 9.23 Å². The van der Waals surface area contributed by atoms with Gasteiger partial charge in [0.1, 0.15) is 5.60 Å². The Kier molecular flexibility index (Phi) is 7.55. The molecule has 0 aromatic heterocycles. The average molecular weight is 297 g/mol. The SMILES string of the molecule is C=C(C(C)(C)C)C(C)(C)C.C=C(OC(C)(C)C)C(C)(C)C. The Morgan fingerprint density at radius 3 is 0.905 bits per heavy atom. The lowest BCUT2D eigenvalue weighted by atomic mass is 9.73. The summed E-state index contributed by atoms with van der Waals surface area (Å²) in [6.07, 6.45) is 0. The van der Waals surface area contributed by atoms with E-state index in [-0.39, 0.29) is 21.8 Å². The van der Waals surface area contributed by atoms with E-state index in [1.165, 1.54) is 5.57 Å². The first-order chi connectivity index (χ1) is 8.78. The second-order valence-corrected chi connectivity index (χ2v) is 9.87. The molecule has 0 rings (SSSR count).